The van der Waals surface area contributed by atoms with E-state index in [1.807, 2.05) is 0 Å². The fraction of sp³-hybridized carbons (Fsp3) is 0.458. The number of methoxy groups -OCH3 is 1. The third-order valence-corrected chi connectivity index (χ3v) is 6.78. The number of urea groups is 1. The van der Waals surface area contributed by atoms with Gasteiger partial charge in [0.05, 0.1) is 19.3 Å². The summed E-state index contributed by atoms with van der Waals surface area (Å²) >= 11 is 6.21. The summed E-state index contributed by atoms with van der Waals surface area (Å²) in [4.78, 5) is 16.2. The highest BCUT2D eigenvalue weighted by molar-refractivity contribution is 6.30. The summed E-state index contributed by atoms with van der Waals surface area (Å²) in [5.74, 6) is 0.868. The van der Waals surface area contributed by atoms with Crippen LogP contribution in [-0.2, 0) is 12.1 Å². The largest absolute Gasteiger partial charge is 0.497 e. The van der Waals surface area contributed by atoms with Crippen LogP contribution < -0.4 is 15.0 Å². The number of fused-ring (bicyclic) bond motifs is 1. The molecule has 1 aliphatic heterocycles. The maximum atomic E-state index is 15.0. The Balaban J connectivity index is 1.83. The van der Waals surface area contributed by atoms with E-state index in [2.05, 4.69) is 5.32 Å². The highest BCUT2D eigenvalue weighted by atomic mass is 35.5. The topological polar surface area (TPSA) is 44.8 Å². The monoisotopic (exact) mass is 481 g/mol. The van der Waals surface area contributed by atoms with Crippen LogP contribution in [0.25, 0.3) is 0 Å². The SMILES string of the molecule is COc1ccc(CN2C(=O)N[C@](C(CC3CC3)N(C)C)(C(F)(F)F)c3cc(Cl)ccc32)cc1. The quantitative estimate of drug-likeness (QED) is 0.562. The molecule has 1 heterocycles. The standard InChI is InChI=1S/C24H27ClF3N3O2/c1-30(2)21(12-15-4-5-15)23(24(26,27)28)19-13-17(25)8-11-20(19)31(22(32)29-23)14-16-6-9-18(33-3)10-7-16/h6-11,13,15,21H,4-5,12,14H2,1-3H3,(H,29,32)/t21?,23-/m1/s1. The van der Waals surface area contributed by atoms with Gasteiger partial charge < -0.3 is 15.0 Å². The molecule has 4 rings (SSSR count). The molecule has 1 unspecified atom stereocenters. The van der Waals surface area contributed by atoms with E-state index in [4.69, 9.17) is 16.3 Å². The lowest BCUT2D eigenvalue weighted by Crippen LogP contribution is -2.70. The molecule has 9 heteroatoms. The molecular weight excluding hydrogens is 455 g/mol. The van der Waals surface area contributed by atoms with Crippen LogP contribution in [0.2, 0.25) is 5.02 Å². The lowest BCUT2D eigenvalue weighted by Gasteiger charge is -2.50. The number of carbonyl (C=O) groups excluding carboxylic acids is 1. The van der Waals surface area contributed by atoms with Gasteiger partial charge in [0.15, 0.2) is 5.54 Å². The predicted molar refractivity (Wildman–Crippen MR) is 122 cm³/mol. The maximum absolute atomic E-state index is 15.0. The summed E-state index contributed by atoms with van der Waals surface area (Å²) in [5, 5.41) is 2.58. The van der Waals surface area contributed by atoms with Gasteiger partial charge in [-0.3, -0.25) is 4.90 Å². The molecule has 1 N–H and O–H groups in total. The normalized spacial score (nSPS) is 21.6. The van der Waals surface area contributed by atoms with Gasteiger partial charge in [-0.2, -0.15) is 13.2 Å². The van der Waals surface area contributed by atoms with Crippen molar-refractivity contribution < 1.29 is 22.7 Å². The number of amides is 2. The highest BCUT2D eigenvalue weighted by Crippen LogP contribution is 2.52. The molecule has 5 nitrogen and oxygen atoms in total. The molecule has 1 aliphatic carbocycles. The van der Waals surface area contributed by atoms with Crippen LogP contribution in [0.5, 0.6) is 5.75 Å². The number of likely N-dealkylation sites (N-methyl/N-ethyl adjacent to an activating group) is 1. The summed E-state index contributed by atoms with van der Waals surface area (Å²) in [6, 6.07) is 9.65. The van der Waals surface area contributed by atoms with Gasteiger partial charge in [0.1, 0.15) is 5.75 Å². The molecule has 0 spiro atoms. The molecular formula is C24H27ClF3N3O2. The maximum Gasteiger partial charge on any atom is 0.417 e. The van der Waals surface area contributed by atoms with E-state index in [1.54, 1.807) is 50.4 Å². The van der Waals surface area contributed by atoms with Crippen molar-refractivity contribution in [2.75, 3.05) is 26.1 Å². The molecule has 0 aromatic heterocycles. The van der Waals surface area contributed by atoms with E-state index in [1.165, 1.54) is 23.1 Å². The van der Waals surface area contributed by atoms with E-state index in [9.17, 15) is 18.0 Å². The molecule has 1 saturated carbocycles. The molecule has 33 heavy (non-hydrogen) atoms. The zero-order valence-corrected chi connectivity index (χ0v) is 19.5. The smallest absolute Gasteiger partial charge is 0.417 e. The number of nitrogens with one attached hydrogen (secondary N) is 1. The Morgan fingerprint density at radius 2 is 1.88 bits per heavy atom. The minimum atomic E-state index is -4.74. The molecule has 1 fully saturated rings. The Bertz CT molecular complexity index is 1020. The number of benzene rings is 2. The average molecular weight is 482 g/mol. The summed E-state index contributed by atoms with van der Waals surface area (Å²) in [6.07, 6.45) is -2.61. The summed E-state index contributed by atoms with van der Waals surface area (Å²) < 4.78 is 50.1. The Morgan fingerprint density at radius 1 is 1.21 bits per heavy atom. The second-order valence-electron chi connectivity index (χ2n) is 8.99. The minimum absolute atomic E-state index is 0.0324. The molecule has 2 aromatic carbocycles. The summed E-state index contributed by atoms with van der Waals surface area (Å²) in [5.41, 5.74) is -1.64. The van der Waals surface area contributed by atoms with Gasteiger partial charge >= 0.3 is 12.2 Å². The number of hydrogen-bond acceptors (Lipinski definition) is 3. The fourth-order valence-electron chi connectivity index (χ4n) is 4.66. The first kappa shape index (κ1) is 23.7. The van der Waals surface area contributed by atoms with Gasteiger partial charge in [0.25, 0.3) is 0 Å². The van der Waals surface area contributed by atoms with Crippen molar-refractivity contribution in [2.45, 2.75) is 43.6 Å². The van der Waals surface area contributed by atoms with Crippen LogP contribution in [0.1, 0.15) is 30.4 Å². The molecule has 0 bridgehead atoms. The molecule has 2 amide bonds. The number of alkyl halides is 3. The zero-order chi connectivity index (χ0) is 24.0. The Labute approximate surface area is 196 Å². The van der Waals surface area contributed by atoms with Gasteiger partial charge in [-0.1, -0.05) is 36.6 Å². The number of hydrogen-bond donors (Lipinski definition) is 1. The van der Waals surface area contributed by atoms with Crippen molar-refractivity contribution >= 4 is 23.3 Å². The third kappa shape index (κ3) is 4.38. The Kier molecular flexibility index (Phi) is 6.26. The van der Waals surface area contributed by atoms with Gasteiger partial charge in [-0.05, 0) is 62.3 Å². The zero-order valence-electron chi connectivity index (χ0n) is 18.7. The van der Waals surface area contributed by atoms with E-state index < -0.39 is 23.8 Å². The van der Waals surface area contributed by atoms with E-state index in [0.717, 1.165) is 18.4 Å². The van der Waals surface area contributed by atoms with Crippen LogP contribution in [0.15, 0.2) is 42.5 Å². The fourth-order valence-corrected chi connectivity index (χ4v) is 4.83. The number of halogens is 4. The average Bonchev–Trinajstić information content (AvgIpc) is 3.58. The number of carbonyl (C=O) groups is 1. The van der Waals surface area contributed by atoms with Crippen molar-refractivity contribution in [3.8, 4) is 5.75 Å². The van der Waals surface area contributed by atoms with Crippen LogP contribution in [0.3, 0.4) is 0 Å². The van der Waals surface area contributed by atoms with Crippen molar-refractivity contribution in [3.63, 3.8) is 0 Å². The first-order valence-electron chi connectivity index (χ1n) is 10.8. The summed E-state index contributed by atoms with van der Waals surface area (Å²) in [7, 11) is 4.80. The van der Waals surface area contributed by atoms with Crippen molar-refractivity contribution in [1.29, 1.82) is 0 Å². The lowest BCUT2D eigenvalue weighted by atomic mass is 9.76. The van der Waals surface area contributed by atoms with Crippen LogP contribution in [0, 0.1) is 5.92 Å². The number of ether oxygens (including phenoxy) is 1. The van der Waals surface area contributed by atoms with Gasteiger partial charge in [0.2, 0.25) is 0 Å². The second-order valence-corrected chi connectivity index (χ2v) is 9.43. The van der Waals surface area contributed by atoms with Crippen molar-refractivity contribution in [1.82, 2.24) is 10.2 Å². The second kappa shape index (κ2) is 8.72. The molecule has 178 valence electrons. The molecule has 2 atom stereocenters. The van der Waals surface area contributed by atoms with Gasteiger partial charge in [-0.15, -0.1) is 0 Å². The lowest BCUT2D eigenvalue weighted by molar-refractivity contribution is -0.216. The molecule has 0 saturated heterocycles. The molecule has 0 radical (unpaired) electrons. The predicted octanol–water partition coefficient (Wildman–Crippen LogP) is 5.57. The third-order valence-electron chi connectivity index (χ3n) is 6.55. The van der Waals surface area contributed by atoms with Crippen molar-refractivity contribution in [2.24, 2.45) is 5.92 Å². The van der Waals surface area contributed by atoms with E-state index in [0.29, 0.717) is 12.2 Å². The molecule has 2 aliphatic rings. The van der Waals surface area contributed by atoms with Gasteiger partial charge in [-0.25, -0.2) is 4.79 Å². The first-order chi connectivity index (χ1) is 15.6. The van der Waals surface area contributed by atoms with Gasteiger partial charge in [0, 0.05) is 16.6 Å². The van der Waals surface area contributed by atoms with Crippen LogP contribution in [-0.4, -0.2) is 44.4 Å². The molecule has 2 aromatic rings. The van der Waals surface area contributed by atoms with Crippen molar-refractivity contribution in [3.05, 3.63) is 58.6 Å². The Morgan fingerprint density at radius 3 is 2.42 bits per heavy atom. The first-order valence-corrected chi connectivity index (χ1v) is 11.2. The minimum Gasteiger partial charge on any atom is -0.497 e. The van der Waals surface area contributed by atoms with E-state index >= 15 is 0 Å². The summed E-state index contributed by atoms with van der Waals surface area (Å²) in [6.45, 7) is 0.105. The number of anilines is 1. The number of rotatable bonds is 7. The highest BCUT2D eigenvalue weighted by Gasteiger charge is 2.65. The van der Waals surface area contributed by atoms with Crippen LogP contribution in [0.4, 0.5) is 23.7 Å². The Hall–Kier alpha value is -2.45. The number of nitrogens with zero attached hydrogens (tertiary/aromatic N) is 2. The van der Waals surface area contributed by atoms with E-state index in [-0.39, 0.29) is 28.7 Å². The van der Waals surface area contributed by atoms with Crippen LogP contribution >= 0.6 is 11.6 Å².